The fourth-order valence-corrected chi connectivity index (χ4v) is 4.52. The van der Waals surface area contributed by atoms with Gasteiger partial charge in [0.2, 0.25) is 0 Å². The summed E-state index contributed by atoms with van der Waals surface area (Å²) in [6.07, 6.45) is 4.91. The van der Waals surface area contributed by atoms with Gasteiger partial charge in [0.25, 0.3) is 0 Å². The Bertz CT molecular complexity index is 870. The second-order valence-corrected chi connectivity index (χ2v) is 8.13. The third-order valence-electron chi connectivity index (χ3n) is 4.71. The number of nitrogens with zero attached hydrogens (tertiary/aromatic N) is 2. The Balaban J connectivity index is 2.24. The minimum atomic E-state index is -3.36. The molecule has 1 aliphatic heterocycles. The van der Waals surface area contributed by atoms with Gasteiger partial charge < -0.3 is 9.67 Å². The molecule has 23 heavy (non-hydrogen) atoms. The van der Waals surface area contributed by atoms with E-state index in [1.54, 1.807) is 0 Å². The summed E-state index contributed by atoms with van der Waals surface area (Å²) >= 11 is 0. The van der Waals surface area contributed by atoms with Gasteiger partial charge in [0.15, 0.2) is 9.84 Å². The van der Waals surface area contributed by atoms with Crippen LogP contribution in [0.25, 0.3) is 11.0 Å². The number of hydrogen-bond acceptors (Lipinski definition) is 4. The lowest BCUT2D eigenvalue weighted by molar-refractivity contribution is -0.142. The molecule has 7 heteroatoms. The first-order valence-corrected chi connectivity index (χ1v) is 9.64. The van der Waals surface area contributed by atoms with Crippen LogP contribution in [0.5, 0.6) is 0 Å². The molecule has 0 aromatic carbocycles. The van der Waals surface area contributed by atoms with Crippen LogP contribution in [0.15, 0.2) is 23.2 Å². The highest BCUT2D eigenvalue weighted by atomic mass is 32.2. The third-order valence-corrected chi connectivity index (χ3v) is 5.86. The van der Waals surface area contributed by atoms with Gasteiger partial charge in [-0.05, 0) is 31.4 Å². The highest BCUT2D eigenvalue weighted by Crippen LogP contribution is 2.39. The molecule has 0 amide bonds. The summed E-state index contributed by atoms with van der Waals surface area (Å²) in [5.41, 5.74) is 1.52. The topological polar surface area (TPSA) is 89.3 Å². The summed E-state index contributed by atoms with van der Waals surface area (Å²) < 4.78 is 26.0. The second kappa shape index (κ2) is 5.63. The van der Waals surface area contributed by atoms with Gasteiger partial charge in [-0.2, -0.15) is 0 Å². The number of rotatable bonds is 4. The largest absolute Gasteiger partial charge is 0.481 e. The van der Waals surface area contributed by atoms with Crippen molar-refractivity contribution in [1.82, 2.24) is 9.55 Å². The van der Waals surface area contributed by atoms with Crippen LogP contribution in [0.4, 0.5) is 0 Å². The zero-order chi connectivity index (χ0) is 16.8. The van der Waals surface area contributed by atoms with Gasteiger partial charge >= 0.3 is 5.97 Å². The molecule has 0 fully saturated rings. The monoisotopic (exact) mass is 336 g/mol. The van der Waals surface area contributed by atoms with Crippen LogP contribution in [-0.4, -0.2) is 35.3 Å². The number of pyridine rings is 1. The number of carboxylic acids is 1. The molecule has 1 N–H and O–H groups in total. The van der Waals surface area contributed by atoms with E-state index in [1.807, 2.05) is 17.6 Å². The van der Waals surface area contributed by atoms with Crippen LogP contribution >= 0.6 is 0 Å². The molecule has 0 spiro atoms. The van der Waals surface area contributed by atoms with Crippen LogP contribution in [0.2, 0.25) is 0 Å². The summed E-state index contributed by atoms with van der Waals surface area (Å²) in [5, 5.41) is 10.1. The fraction of sp³-hybridized carbons (Fsp3) is 0.500. The molecule has 1 aliphatic rings. The first kappa shape index (κ1) is 16.0. The van der Waals surface area contributed by atoms with Crippen LogP contribution in [0.1, 0.15) is 37.8 Å². The lowest BCUT2D eigenvalue weighted by Gasteiger charge is -2.29. The van der Waals surface area contributed by atoms with Crippen LogP contribution in [0, 0.1) is 5.92 Å². The quantitative estimate of drug-likeness (QED) is 0.926. The second-order valence-electron chi connectivity index (χ2n) is 6.14. The van der Waals surface area contributed by atoms with Crippen molar-refractivity contribution in [3.8, 4) is 0 Å². The van der Waals surface area contributed by atoms with Crippen LogP contribution in [-0.2, 0) is 21.2 Å². The van der Waals surface area contributed by atoms with Crippen LogP contribution < -0.4 is 0 Å². The average molecular weight is 336 g/mol. The Kier molecular flexibility index (Phi) is 3.91. The van der Waals surface area contributed by atoms with Crippen molar-refractivity contribution >= 4 is 26.8 Å². The Morgan fingerprint density at radius 3 is 2.87 bits per heavy atom. The smallest absolute Gasteiger partial charge is 0.307 e. The van der Waals surface area contributed by atoms with E-state index in [1.165, 1.54) is 18.5 Å². The first-order valence-electron chi connectivity index (χ1n) is 7.75. The Labute approximate surface area is 135 Å². The number of aryl methyl sites for hydroxylation is 1. The lowest BCUT2D eigenvalue weighted by Crippen LogP contribution is -2.26. The van der Waals surface area contributed by atoms with E-state index < -0.39 is 21.7 Å². The molecule has 0 aliphatic carbocycles. The minimum Gasteiger partial charge on any atom is -0.481 e. The molecule has 124 valence electrons. The zero-order valence-electron chi connectivity index (χ0n) is 13.2. The van der Waals surface area contributed by atoms with Gasteiger partial charge in [-0.3, -0.25) is 4.79 Å². The van der Waals surface area contributed by atoms with E-state index in [-0.39, 0.29) is 10.8 Å². The number of aliphatic carboxylic acids is 1. The standard InChI is InChI=1S/C16H20N2O4S/c1-3-10(16(19)20)11-5-4-8-18-13(11)9-12-14(23(2,21)22)6-7-17-15(12)18/h6-7,9-11H,3-5,8H2,1-2H3,(H,19,20). The van der Waals surface area contributed by atoms with E-state index in [2.05, 4.69) is 4.98 Å². The Hall–Kier alpha value is -1.89. The average Bonchev–Trinajstić information content (AvgIpc) is 2.86. The maximum atomic E-state index is 12.0. The SMILES string of the molecule is CCC(C(=O)O)C1CCCn2c1cc1c(S(C)(=O)=O)ccnc12. The van der Waals surface area contributed by atoms with Crippen molar-refractivity contribution < 1.29 is 18.3 Å². The predicted molar refractivity (Wildman–Crippen MR) is 86.2 cm³/mol. The van der Waals surface area contributed by atoms with Crippen molar-refractivity contribution in [2.24, 2.45) is 5.92 Å². The fourth-order valence-electron chi connectivity index (χ4n) is 3.67. The van der Waals surface area contributed by atoms with Gasteiger partial charge in [-0.15, -0.1) is 0 Å². The molecule has 3 rings (SSSR count). The Morgan fingerprint density at radius 2 is 2.26 bits per heavy atom. The van der Waals surface area contributed by atoms with Gasteiger partial charge in [0.05, 0.1) is 10.8 Å². The zero-order valence-corrected chi connectivity index (χ0v) is 14.0. The molecule has 0 saturated carbocycles. The first-order chi connectivity index (χ1) is 10.8. The molecule has 2 aromatic heterocycles. The number of fused-ring (bicyclic) bond motifs is 3. The van der Waals surface area contributed by atoms with Crippen molar-refractivity contribution in [2.45, 2.75) is 43.5 Å². The van der Waals surface area contributed by atoms with Gasteiger partial charge in [0.1, 0.15) is 5.65 Å². The molecule has 0 saturated heterocycles. The summed E-state index contributed by atoms with van der Waals surface area (Å²) in [7, 11) is -3.36. The summed E-state index contributed by atoms with van der Waals surface area (Å²) in [4.78, 5) is 16.2. The molecule has 0 bridgehead atoms. The summed E-state index contributed by atoms with van der Waals surface area (Å²) in [5.74, 6) is -1.36. The number of aromatic nitrogens is 2. The van der Waals surface area contributed by atoms with Crippen LogP contribution in [0.3, 0.4) is 0 Å². The molecule has 0 radical (unpaired) electrons. The van der Waals surface area contributed by atoms with E-state index in [0.717, 1.165) is 25.1 Å². The van der Waals surface area contributed by atoms with E-state index in [9.17, 15) is 18.3 Å². The van der Waals surface area contributed by atoms with E-state index in [4.69, 9.17) is 0 Å². The number of carboxylic acid groups (broad SMARTS) is 1. The van der Waals surface area contributed by atoms with Crippen molar-refractivity contribution in [3.05, 3.63) is 24.0 Å². The third kappa shape index (κ3) is 2.63. The highest BCUT2D eigenvalue weighted by molar-refractivity contribution is 7.91. The highest BCUT2D eigenvalue weighted by Gasteiger charge is 2.33. The van der Waals surface area contributed by atoms with Gasteiger partial charge in [0, 0.05) is 36.0 Å². The van der Waals surface area contributed by atoms with E-state index >= 15 is 0 Å². The van der Waals surface area contributed by atoms with Crippen molar-refractivity contribution in [1.29, 1.82) is 0 Å². The maximum Gasteiger partial charge on any atom is 0.307 e. The summed E-state index contributed by atoms with van der Waals surface area (Å²) in [6.45, 7) is 2.62. The maximum absolute atomic E-state index is 12.0. The number of carbonyl (C=O) groups is 1. The summed E-state index contributed by atoms with van der Waals surface area (Å²) in [6, 6.07) is 3.33. The van der Waals surface area contributed by atoms with E-state index in [0.29, 0.717) is 17.5 Å². The number of sulfone groups is 1. The predicted octanol–water partition coefficient (Wildman–Crippen LogP) is 2.43. The molecule has 2 unspecified atom stereocenters. The Morgan fingerprint density at radius 1 is 1.52 bits per heavy atom. The molecular formula is C16H20N2O4S. The molecule has 3 heterocycles. The number of hydrogen-bond donors (Lipinski definition) is 1. The van der Waals surface area contributed by atoms with Gasteiger partial charge in [-0.25, -0.2) is 13.4 Å². The minimum absolute atomic E-state index is 0.104. The molecule has 2 atom stereocenters. The lowest BCUT2D eigenvalue weighted by atomic mass is 9.82. The normalized spacial score (nSPS) is 19.5. The van der Waals surface area contributed by atoms with Gasteiger partial charge in [-0.1, -0.05) is 6.92 Å². The van der Waals surface area contributed by atoms with Crippen molar-refractivity contribution in [2.75, 3.05) is 6.26 Å². The van der Waals surface area contributed by atoms with Crippen molar-refractivity contribution in [3.63, 3.8) is 0 Å². The molecular weight excluding hydrogens is 316 g/mol. The molecule has 6 nitrogen and oxygen atoms in total. The molecule has 2 aromatic rings.